The molecule has 6 heteroatoms. The molecule has 1 fully saturated rings. The fraction of sp³-hybridized carbons (Fsp3) is 0.550. The van der Waals surface area contributed by atoms with Crippen LogP contribution in [-0.2, 0) is 24.2 Å². The lowest BCUT2D eigenvalue weighted by Gasteiger charge is -2.32. The van der Waals surface area contributed by atoms with Crippen molar-refractivity contribution >= 4 is 5.91 Å². The Hall–Kier alpha value is -2.37. The van der Waals surface area contributed by atoms with Gasteiger partial charge in [0.2, 0.25) is 11.5 Å². The Morgan fingerprint density at radius 3 is 2.58 bits per heavy atom. The molecule has 1 aliphatic rings. The minimum absolute atomic E-state index is 0.0652. The normalized spacial score (nSPS) is 15.4. The van der Waals surface area contributed by atoms with Gasteiger partial charge < -0.3 is 9.88 Å². The van der Waals surface area contributed by atoms with Gasteiger partial charge in [0, 0.05) is 31.0 Å². The van der Waals surface area contributed by atoms with Crippen LogP contribution in [0.4, 0.5) is 0 Å². The van der Waals surface area contributed by atoms with E-state index in [4.69, 9.17) is 0 Å². The molecule has 0 aliphatic carbocycles. The van der Waals surface area contributed by atoms with Crippen molar-refractivity contribution in [3.8, 4) is 0 Å². The molecule has 0 saturated carbocycles. The first-order valence-electron chi connectivity index (χ1n) is 9.46. The van der Waals surface area contributed by atoms with E-state index in [0.29, 0.717) is 12.5 Å². The molecule has 0 atom stereocenters. The second kappa shape index (κ2) is 7.89. The van der Waals surface area contributed by atoms with E-state index in [1.165, 1.54) is 5.56 Å². The van der Waals surface area contributed by atoms with E-state index in [9.17, 15) is 9.59 Å². The summed E-state index contributed by atoms with van der Waals surface area (Å²) in [6.07, 6.45) is 5.70. The summed E-state index contributed by atoms with van der Waals surface area (Å²) >= 11 is 0. The quantitative estimate of drug-likeness (QED) is 0.893. The summed E-state index contributed by atoms with van der Waals surface area (Å²) in [5.74, 6) is 0.714. The Kier molecular flexibility index (Phi) is 5.59. The molecular formula is C20H28N4O2. The van der Waals surface area contributed by atoms with Crippen molar-refractivity contribution in [2.45, 2.75) is 53.0 Å². The Morgan fingerprint density at radius 2 is 2.00 bits per heavy atom. The zero-order valence-electron chi connectivity index (χ0n) is 15.9. The van der Waals surface area contributed by atoms with Gasteiger partial charge >= 0.3 is 0 Å². The van der Waals surface area contributed by atoms with Gasteiger partial charge in [0.1, 0.15) is 6.54 Å². The monoisotopic (exact) mass is 356 g/mol. The highest BCUT2D eigenvalue weighted by Gasteiger charge is 2.24. The van der Waals surface area contributed by atoms with Gasteiger partial charge in [-0.2, -0.15) is 5.10 Å². The third-order valence-corrected chi connectivity index (χ3v) is 5.51. The summed E-state index contributed by atoms with van der Waals surface area (Å²) in [7, 11) is 0. The molecule has 140 valence electrons. The first-order chi connectivity index (χ1) is 12.5. The summed E-state index contributed by atoms with van der Waals surface area (Å²) in [5, 5.41) is 4.53. The lowest BCUT2D eigenvalue weighted by molar-refractivity contribution is -0.133. The van der Waals surface area contributed by atoms with Crippen LogP contribution in [0.3, 0.4) is 0 Å². The number of hydrogen-bond acceptors (Lipinski definition) is 3. The Balaban J connectivity index is 1.53. The van der Waals surface area contributed by atoms with Crippen LogP contribution >= 0.6 is 0 Å². The first kappa shape index (κ1) is 18.4. The van der Waals surface area contributed by atoms with Crippen LogP contribution in [0.1, 0.15) is 42.3 Å². The number of likely N-dealkylation sites (tertiary alicyclic amines) is 1. The maximum Gasteiger partial charge on any atom is 0.247 e. The number of piperidine rings is 1. The van der Waals surface area contributed by atoms with Crippen LogP contribution in [0.5, 0.6) is 0 Å². The van der Waals surface area contributed by atoms with Crippen LogP contribution in [0.25, 0.3) is 0 Å². The number of hydrogen-bond donors (Lipinski definition) is 1. The largest absolute Gasteiger partial charge is 0.341 e. The van der Waals surface area contributed by atoms with Gasteiger partial charge in [0.15, 0.2) is 0 Å². The molecular weight excluding hydrogens is 328 g/mol. The van der Waals surface area contributed by atoms with Gasteiger partial charge in [-0.15, -0.1) is 0 Å². The number of nitrogens with zero attached hydrogens (tertiary/aromatic N) is 3. The molecule has 0 bridgehead atoms. The number of aromatic nitrogens is 3. The van der Waals surface area contributed by atoms with Gasteiger partial charge in [-0.1, -0.05) is 13.0 Å². The molecule has 3 rings (SSSR count). The van der Waals surface area contributed by atoms with Crippen molar-refractivity contribution in [2.24, 2.45) is 5.92 Å². The smallest absolute Gasteiger partial charge is 0.247 e. The number of nitrogens with one attached hydrogen (secondary N) is 1. The molecule has 0 unspecified atom stereocenters. The van der Waals surface area contributed by atoms with Crippen molar-refractivity contribution in [3.05, 3.63) is 51.2 Å². The Morgan fingerprint density at radius 1 is 1.27 bits per heavy atom. The SMILES string of the molecule is CCc1c(C)nn(CC(=O)N2CCC(Cc3ccc(=O)[nH]c3)CC2)c1C. The maximum absolute atomic E-state index is 12.7. The lowest BCUT2D eigenvalue weighted by atomic mass is 9.91. The fourth-order valence-electron chi connectivity index (χ4n) is 3.92. The van der Waals surface area contributed by atoms with Crippen LogP contribution in [0.2, 0.25) is 0 Å². The highest BCUT2D eigenvalue weighted by molar-refractivity contribution is 5.76. The van der Waals surface area contributed by atoms with Gasteiger partial charge in [-0.05, 0) is 56.6 Å². The molecule has 6 nitrogen and oxygen atoms in total. The molecule has 0 aromatic carbocycles. The first-order valence-corrected chi connectivity index (χ1v) is 9.46. The third kappa shape index (κ3) is 4.06. The highest BCUT2D eigenvalue weighted by atomic mass is 16.2. The van der Waals surface area contributed by atoms with E-state index in [2.05, 4.69) is 17.0 Å². The van der Waals surface area contributed by atoms with Crippen molar-refractivity contribution < 1.29 is 4.79 Å². The molecule has 2 aromatic heterocycles. The predicted octanol–water partition coefficient (Wildman–Crippen LogP) is 2.23. The van der Waals surface area contributed by atoms with E-state index < -0.39 is 0 Å². The van der Waals surface area contributed by atoms with E-state index in [-0.39, 0.29) is 11.5 Å². The Bertz CT molecular complexity index is 808. The second-order valence-electron chi connectivity index (χ2n) is 7.25. The van der Waals surface area contributed by atoms with E-state index in [1.807, 2.05) is 29.5 Å². The number of amides is 1. The minimum Gasteiger partial charge on any atom is -0.341 e. The molecule has 1 amide bonds. The summed E-state index contributed by atoms with van der Waals surface area (Å²) in [5.41, 5.74) is 4.47. The molecule has 3 heterocycles. The minimum atomic E-state index is -0.0652. The molecule has 1 aliphatic heterocycles. The number of aromatic amines is 1. The standard InChI is InChI=1S/C20H28N4O2/c1-4-18-14(2)22-24(15(18)3)13-20(26)23-9-7-16(8-10-23)11-17-5-6-19(25)21-12-17/h5-6,12,16H,4,7-11,13H2,1-3H3,(H,21,25). The fourth-order valence-corrected chi connectivity index (χ4v) is 3.92. The number of carbonyl (C=O) groups is 1. The zero-order chi connectivity index (χ0) is 18.7. The van der Waals surface area contributed by atoms with Crippen molar-refractivity contribution in [3.63, 3.8) is 0 Å². The molecule has 26 heavy (non-hydrogen) atoms. The van der Waals surface area contributed by atoms with E-state index in [0.717, 1.165) is 55.7 Å². The average molecular weight is 356 g/mol. The van der Waals surface area contributed by atoms with E-state index in [1.54, 1.807) is 12.3 Å². The van der Waals surface area contributed by atoms with Crippen molar-refractivity contribution in [1.29, 1.82) is 0 Å². The molecule has 0 radical (unpaired) electrons. The molecule has 2 aromatic rings. The van der Waals surface area contributed by atoms with Crippen LogP contribution < -0.4 is 5.56 Å². The molecule has 0 spiro atoms. The maximum atomic E-state index is 12.7. The van der Waals surface area contributed by atoms with Crippen LogP contribution in [0.15, 0.2) is 23.1 Å². The van der Waals surface area contributed by atoms with Crippen molar-refractivity contribution in [2.75, 3.05) is 13.1 Å². The van der Waals surface area contributed by atoms with Gasteiger partial charge in [-0.25, -0.2) is 0 Å². The summed E-state index contributed by atoms with van der Waals surface area (Å²) in [4.78, 5) is 28.5. The zero-order valence-corrected chi connectivity index (χ0v) is 15.9. The number of pyridine rings is 1. The summed E-state index contributed by atoms with van der Waals surface area (Å²) < 4.78 is 1.85. The van der Waals surface area contributed by atoms with Gasteiger partial charge in [-0.3, -0.25) is 14.3 Å². The van der Waals surface area contributed by atoms with Gasteiger partial charge in [0.25, 0.3) is 0 Å². The average Bonchev–Trinajstić information content (AvgIpc) is 2.90. The lowest BCUT2D eigenvalue weighted by Crippen LogP contribution is -2.40. The molecule has 1 N–H and O–H groups in total. The van der Waals surface area contributed by atoms with Crippen molar-refractivity contribution in [1.82, 2.24) is 19.7 Å². The predicted molar refractivity (Wildman–Crippen MR) is 101 cm³/mol. The number of H-pyrrole nitrogens is 1. The number of carbonyl (C=O) groups excluding carboxylic acids is 1. The highest BCUT2D eigenvalue weighted by Crippen LogP contribution is 2.22. The second-order valence-corrected chi connectivity index (χ2v) is 7.25. The summed E-state index contributed by atoms with van der Waals surface area (Å²) in [6.45, 7) is 8.10. The number of aryl methyl sites for hydroxylation is 1. The third-order valence-electron chi connectivity index (χ3n) is 5.51. The van der Waals surface area contributed by atoms with Gasteiger partial charge in [0.05, 0.1) is 5.69 Å². The van der Waals surface area contributed by atoms with Crippen LogP contribution in [-0.4, -0.2) is 38.7 Å². The van der Waals surface area contributed by atoms with Crippen LogP contribution in [0, 0.1) is 19.8 Å². The topological polar surface area (TPSA) is 71.0 Å². The Labute approximate surface area is 154 Å². The summed E-state index contributed by atoms with van der Waals surface area (Å²) in [6, 6.07) is 3.47. The number of rotatable bonds is 5. The molecule has 1 saturated heterocycles. The van der Waals surface area contributed by atoms with E-state index >= 15 is 0 Å².